The van der Waals surface area contributed by atoms with Crippen molar-refractivity contribution in [2.45, 2.75) is 15.8 Å². The third-order valence-corrected chi connectivity index (χ3v) is 7.98. The Hall–Kier alpha value is -2.80. The highest BCUT2D eigenvalue weighted by Gasteiger charge is 2.18. The van der Waals surface area contributed by atoms with Crippen LogP contribution in [0.5, 0.6) is 0 Å². The first kappa shape index (κ1) is 23.9. The van der Waals surface area contributed by atoms with Crippen molar-refractivity contribution in [3.05, 3.63) is 65.7 Å². The molecule has 0 bridgehead atoms. The molecule has 0 unspecified atom stereocenters. The highest BCUT2D eigenvalue weighted by molar-refractivity contribution is 8.01. The highest BCUT2D eigenvalue weighted by atomic mass is 32.2. The van der Waals surface area contributed by atoms with Gasteiger partial charge in [0.25, 0.3) is 5.91 Å². The summed E-state index contributed by atoms with van der Waals surface area (Å²) in [6, 6.07) is 15.2. The van der Waals surface area contributed by atoms with Crippen molar-refractivity contribution in [2.24, 2.45) is 0 Å². The first-order valence-electron chi connectivity index (χ1n) is 9.36. The maximum absolute atomic E-state index is 12.4. The summed E-state index contributed by atoms with van der Waals surface area (Å²) in [7, 11) is -0.686. The predicted octanol–water partition coefficient (Wildman–Crippen LogP) is 2.45. The molecule has 0 fully saturated rings. The summed E-state index contributed by atoms with van der Waals surface area (Å²) in [4.78, 5) is 24.5. The van der Waals surface area contributed by atoms with Gasteiger partial charge in [-0.25, -0.2) is 12.7 Å². The number of hydrogen-bond donors (Lipinski definition) is 2. The molecular weight excluding hydrogens is 470 g/mol. The van der Waals surface area contributed by atoms with Crippen LogP contribution >= 0.6 is 23.1 Å². The molecule has 0 aliphatic rings. The number of rotatable bonds is 9. The number of amides is 2. The van der Waals surface area contributed by atoms with Gasteiger partial charge < -0.3 is 5.32 Å². The van der Waals surface area contributed by atoms with E-state index in [4.69, 9.17) is 0 Å². The molecule has 0 spiro atoms. The quantitative estimate of drug-likeness (QED) is 0.348. The van der Waals surface area contributed by atoms with Gasteiger partial charge in [0.15, 0.2) is 4.34 Å². The second-order valence-corrected chi connectivity index (χ2v) is 11.0. The Labute approximate surface area is 194 Å². The molecule has 3 rings (SSSR count). The summed E-state index contributed by atoms with van der Waals surface area (Å²) in [5.41, 5.74) is 1.30. The Morgan fingerprint density at radius 2 is 1.72 bits per heavy atom. The molecule has 0 atom stereocenters. The zero-order valence-corrected chi connectivity index (χ0v) is 19.8. The van der Waals surface area contributed by atoms with E-state index in [1.165, 1.54) is 50.1 Å². The SMILES string of the molecule is CN(C)S(=O)(=O)c1ccc(C(=O)Nc2nnc(SCC(=O)NCc3ccccc3)s2)cc1. The molecule has 2 aromatic carbocycles. The van der Waals surface area contributed by atoms with Crippen LogP contribution in [0.2, 0.25) is 0 Å². The van der Waals surface area contributed by atoms with Gasteiger partial charge in [-0.15, -0.1) is 10.2 Å². The van der Waals surface area contributed by atoms with Crippen LogP contribution in [0.15, 0.2) is 63.8 Å². The van der Waals surface area contributed by atoms with Gasteiger partial charge in [0.2, 0.25) is 21.1 Å². The van der Waals surface area contributed by atoms with E-state index in [0.29, 0.717) is 10.9 Å². The molecule has 32 heavy (non-hydrogen) atoms. The van der Waals surface area contributed by atoms with Gasteiger partial charge in [-0.2, -0.15) is 0 Å². The minimum atomic E-state index is -3.56. The predicted molar refractivity (Wildman–Crippen MR) is 124 cm³/mol. The summed E-state index contributed by atoms with van der Waals surface area (Å²) in [6.45, 7) is 0.451. The van der Waals surface area contributed by atoms with Gasteiger partial charge >= 0.3 is 0 Å². The first-order chi connectivity index (χ1) is 15.3. The second-order valence-electron chi connectivity index (χ2n) is 6.69. The van der Waals surface area contributed by atoms with Crippen molar-refractivity contribution in [1.82, 2.24) is 19.8 Å². The fourth-order valence-electron chi connectivity index (χ4n) is 2.45. The van der Waals surface area contributed by atoms with Crippen molar-refractivity contribution in [3.8, 4) is 0 Å². The van der Waals surface area contributed by atoms with E-state index in [-0.39, 0.29) is 27.3 Å². The van der Waals surface area contributed by atoms with Crippen LogP contribution in [0.4, 0.5) is 5.13 Å². The lowest BCUT2D eigenvalue weighted by Gasteiger charge is -2.11. The zero-order chi connectivity index (χ0) is 23.1. The highest BCUT2D eigenvalue weighted by Crippen LogP contribution is 2.25. The lowest BCUT2D eigenvalue weighted by atomic mass is 10.2. The number of nitrogens with zero attached hydrogens (tertiary/aromatic N) is 3. The van der Waals surface area contributed by atoms with Crippen molar-refractivity contribution >= 4 is 50.1 Å². The van der Waals surface area contributed by atoms with Gasteiger partial charge in [0.1, 0.15) is 0 Å². The van der Waals surface area contributed by atoms with E-state index in [0.717, 1.165) is 21.2 Å². The summed E-state index contributed by atoms with van der Waals surface area (Å²) < 4.78 is 25.9. The molecular formula is C20H21N5O4S3. The maximum atomic E-state index is 12.4. The van der Waals surface area contributed by atoms with Gasteiger partial charge in [-0.1, -0.05) is 53.4 Å². The van der Waals surface area contributed by atoms with Gasteiger partial charge in [-0.05, 0) is 29.8 Å². The number of carbonyl (C=O) groups is 2. The van der Waals surface area contributed by atoms with Gasteiger partial charge in [0.05, 0.1) is 10.6 Å². The molecule has 2 amide bonds. The second kappa shape index (κ2) is 10.7. The van der Waals surface area contributed by atoms with E-state index in [1.807, 2.05) is 30.3 Å². The number of aromatic nitrogens is 2. The molecule has 9 nitrogen and oxygen atoms in total. The third kappa shape index (κ3) is 6.36. The number of anilines is 1. The molecule has 2 N–H and O–H groups in total. The van der Waals surface area contributed by atoms with Crippen molar-refractivity contribution in [3.63, 3.8) is 0 Å². The number of thioether (sulfide) groups is 1. The fraction of sp³-hybridized carbons (Fsp3) is 0.200. The minimum Gasteiger partial charge on any atom is -0.351 e. The number of sulfonamides is 1. The monoisotopic (exact) mass is 491 g/mol. The molecule has 0 aliphatic carbocycles. The Morgan fingerprint density at radius 3 is 2.38 bits per heavy atom. The third-order valence-electron chi connectivity index (χ3n) is 4.18. The Bertz CT molecular complexity index is 1180. The molecule has 168 valence electrons. The average molecular weight is 492 g/mol. The van der Waals surface area contributed by atoms with Crippen LogP contribution in [0.1, 0.15) is 15.9 Å². The molecule has 1 heterocycles. The first-order valence-corrected chi connectivity index (χ1v) is 12.6. The molecule has 3 aromatic rings. The molecule has 0 saturated heterocycles. The van der Waals surface area contributed by atoms with E-state index in [1.54, 1.807) is 0 Å². The van der Waals surface area contributed by atoms with E-state index in [2.05, 4.69) is 20.8 Å². The zero-order valence-electron chi connectivity index (χ0n) is 17.3. The van der Waals surface area contributed by atoms with Crippen molar-refractivity contribution in [2.75, 3.05) is 25.2 Å². The van der Waals surface area contributed by atoms with E-state index < -0.39 is 15.9 Å². The molecule has 1 aromatic heterocycles. The molecule has 0 radical (unpaired) electrons. The lowest BCUT2D eigenvalue weighted by molar-refractivity contribution is -0.118. The van der Waals surface area contributed by atoms with Crippen LogP contribution in [-0.2, 0) is 21.4 Å². The summed E-state index contributed by atoms with van der Waals surface area (Å²) in [5.74, 6) is -0.392. The van der Waals surface area contributed by atoms with E-state index in [9.17, 15) is 18.0 Å². The molecule has 0 saturated carbocycles. The van der Waals surface area contributed by atoms with Crippen LogP contribution in [0.3, 0.4) is 0 Å². The van der Waals surface area contributed by atoms with Crippen LogP contribution < -0.4 is 10.6 Å². The van der Waals surface area contributed by atoms with Crippen LogP contribution in [-0.4, -0.2) is 54.6 Å². The van der Waals surface area contributed by atoms with Gasteiger partial charge in [-0.3, -0.25) is 14.9 Å². The molecule has 12 heteroatoms. The van der Waals surface area contributed by atoms with Gasteiger partial charge in [0, 0.05) is 26.2 Å². The van der Waals surface area contributed by atoms with Crippen LogP contribution in [0.25, 0.3) is 0 Å². The van der Waals surface area contributed by atoms with Crippen LogP contribution in [0, 0.1) is 0 Å². The maximum Gasteiger partial charge on any atom is 0.257 e. The summed E-state index contributed by atoms with van der Waals surface area (Å²) in [6.07, 6.45) is 0. The summed E-state index contributed by atoms with van der Waals surface area (Å²) >= 11 is 2.37. The fourth-order valence-corrected chi connectivity index (χ4v) is 4.93. The summed E-state index contributed by atoms with van der Waals surface area (Å²) in [5, 5.41) is 13.6. The number of hydrogen-bond acceptors (Lipinski definition) is 8. The number of carbonyl (C=O) groups excluding carboxylic acids is 2. The Balaban J connectivity index is 1.50. The molecule has 0 aliphatic heterocycles. The largest absolute Gasteiger partial charge is 0.351 e. The normalized spacial score (nSPS) is 11.3. The smallest absolute Gasteiger partial charge is 0.257 e. The van der Waals surface area contributed by atoms with E-state index >= 15 is 0 Å². The number of benzene rings is 2. The van der Waals surface area contributed by atoms with Crippen molar-refractivity contribution < 1.29 is 18.0 Å². The average Bonchev–Trinajstić information content (AvgIpc) is 3.24. The Morgan fingerprint density at radius 1 is 1.03 bits per heavy atom. The topological polar surface area (TPSA) is 121 Å². The van der Waals surface area contributed by atoms with Crippen molar-refractivity contribution in [1.29, 1.82) is 0 Å². The number of nitrogens with one attached hydrogen (secondary N) is 2. The lowest BCUT2D eigenvalue weighted by Crippen LogP contribution is -2.24. The minimum absolute atomic E-state index is 0.0965. The standard InChI is InChI=1S/C20H21N5O4S3/c1-25(2)32(28,29)16-10-8-15(9-11-16)18(27)22-19-23-24-20(31-19)30-13-17(26)21-12-14-6-4-3-5-7-14/h3-11H,12-13H2,1-2H3,(H,21,26)(H,22,23,27). The Kier molecular flexibility index (Phi) is 7.96.